The minimum absolute atomic E-state index is 0.0446. The SMILES string of the molecule is O=C(c1occc1COc1ccccc1)N1CCO[C@H]2CCCC[C@@H]21. The van der Waals surface area contributed by atoms with Crippen LogP contribution in [0, 0.1) is 0 Å². The number of amides is 1. The Balaban J connectivity index is 1.48. The van der Waals surface area contributed by atoms with Gasteiger partial charge < -0.3 is 18.8 Å². The maximum absolute atomic E-state index is 13.1. The Morgan fingerprint density at radius 2 is 2.00 bits per heavy atom. The third kappa shape index (κ3) is 3.42. The van der Waals surface area contributed by atoms with Crippen LogP contribution in [-0.2, 0) is 11.3 Å². The number of para-hydroxylation sites is 1. The van der Waals surface area contributed by atoms with Gasteiger partial charge in [0, 0.05) is 12.1 Å². The zero-order valence-corrected chi connectivity index (χ0v) is 14.2. The van der Waals surface area contributed by atoms with Gasteiger partial charge in [0.1, 0.15) is 12.4 Å². The van der Waals surface area contributed by atoms with Crippen LogP contribution in [0.1, 0.15) is 41.8 Å². The van der Waals surface area contributed by atoms with E-state index in [0.29, 0.717) is 25.5 Å². The molecule has 132 valence electrons. The first-order chi connectivity index (χ1) is 12.3. The lowest BCUT2D eigenvalue weighted by atomic mass is 9.90. The second-order valence-electron chi connectivity index (χ2n) is 6.64. The summed E-state index contributed by atoms with van der Waals surface area (Å²) < 4.78 is 17.2. The van der Waals surface area contributed by atoms with Crippen LogP contribution >= 0.6 is 0 Å². The fourth-order valence-electron chi connectivity index (χ4n) is 3.79. The largest absolute Gasteiger partial charge is 0.489 e. The molecular weight excluding hydrogens is 318 g/mol. The molecule has 2 atom stereocenters. The van der Waals surface area contributed by atoms with Crippen molar-refractivity contribution in [3.63, 3.8) is 0 Å². The minimum atomic E-state index is -0.0446. The molecule has 2 heterocycles. The molecule has 0 radical (unpaired) electrons. The van der Waals surface area contributed by atoms with Crippen LogP contribution in [0.4, 0.5) is 0 Å². The highest BCUT2D eigenvalue weighted by Gasteiger charge is 2.38. The van der Waals surface area contributed by atoms with Crippen LogP contribution in [0.25, 0.3) is 0 Å². The van der Waals surface area contributed by atoms with E-state index in [-0.39, 0.29) is 18.1 Å². The van der Waals surface area contributed by atoms with Crippen molar-refractivity contribution in [3.05, 3.63) is 54.0 Å². The van der Waals surface area contributed by atoms with Crippen LogP contribution in [-0.4, -0.2) is 36.1 Å². The Kier molecular flexibility index (Phi) is 4.74. The molecule has 0 bridgehead atoms. The molecule has 0 N–H and O–H groups in total. The van der Waals surface area contributed by atoms with E-state index in [0.717, 1.165) is 30.6 Å². The highest BCUT2D eigenvalue weighted by atomic mass is 16.5. The van der Waals surface area contributed by atoms with Gasteiger partial charge in [-0.2, -0.15) is 0 Å². The second-order valence-corrected chi connectivity index (χ2v) is 6.64. The van der Waals surface area contributed by atoms with Crippen molar-refractivity contribution in [2.75, 3.05) is 13.2 Å². The minimum Gasteiger partial charge on any atom is -0.489 e. The number of benzene rings is 1. The first-order valence-electron chi connectivity index (χ1n) is 9.00. The number of carbonyl (C=O) groups excluding carboxylic acids is 1. The Labute approximate surface area is 147 Å². The van der Waals surface area contributed by atoms with Gasteiger partial charge >= 0.3 is 0 Å². The molecule has 25 heavy (non-hydrogen) atoms. The van der Waals surface area contributed by atoms with E-state index in [1.54, 1.807) is 6.26 Å². The lowest BCUT2D eigenvalue weighted by Gasteiger charge is -2.43. The van der Waals surface area contributed by atoms with Gasteiger partial charge in [-0.3, -0.25) is 4.79 Å². The predicted molar refractivity (Wildman–Crippen MR) is 92.5 cm³/mol. The van der Waals surface area contributed by atoms with E-state index in [9.17, 15) is 4.79 Å². The molecule has 5 heteroatoms. The fraction of sp³-hybridized carbons (Fsp3) is 0.450. The zero-order valence-electron chi connectivity index (χ0n) is 14.2. The van der Waals surface area contributed by atoms with Gasteiger partial charge in [0.15, 0.2) is 5.76 Å². The predicted octanol–water partition coefficient (Wildman–Crippen LogP) is 3.64. The van der Waals surface area contributed by atoms with E-state index in [1.807, 2.05) is 41.3 Å². The molecule has 0 spiro atoms. The lowest BCUT2D eigenvalue weighted by molar-refractivity contribution is -0.0760. The molecule has 4 rings (SSSR count). The number of rotatable bonds is 4. The molecule has 1 saturated heterocycles. The summed E-state index contributed by atoms with van der Waals surface area (Å²) in [6.45, 7) is 1.54. The van der Waals surface area contributed by atoms with Gasteiger partial charge in [0.05, 0.1) is 25.0 Å². The summed E-state index contributed by atoms with van der Waals surface area (Å²) in [5.74, 6) is 1.12. The second kappa shape index (κ2) is 7.31. The van der Waals surface area contributed by atoms with E-state index in [1.165, 1.54) is 6.42 Å². The number of ether oxygens (including phenoxy) is 2. The normalized spacial score (nSPS) is 23.1. The first-order valence-corrected chi connectivity index (χ1v) is 9.00. The van der Waals surface area contributed by atoms with Crippen molar-refractivity contribution < 1.29 is 18.7 Å². The molecule has 0 unspecified atom stereocenters. The highest BCUT2D eigenvalue weighted by Crippen LogP contribution is 2.30. The summed E-state index contributed by atoms with van der Waals surface area (Å²) in [7, 11) is 0. The molecule has 1 aromatic heterocycles. The van der Waals surface area contributed by atoms with E-state index >= 15 is 0 Å². The summed E-state index contributed by atoms with van der Waals surface area (Å²) in [6, 6.07) is 11.6. The van der Waals surface area contributed by atoms with Gasteiger partial charge in [0.25, 0.3) is 5.91 Å². The smallest absolute Gasteiger partial charge is 0.290 e. The number of fused-ring (bicyclic) bond motifs is 1. The van der Waals surface area contributed by atoms with E-state index in [2.05, 4.69) is 0 Å². The fourth-order valence-corrected chi connectivity index (χ4v) is 3.79. The molecule has 1 saturated carbocycles. The van der Waals surface area contributed by atoms with Gasteiger partial charge in [-0.05, 0) is 31.0 Å². The maximum atomic E-state index is 13.1. The monoisotopic (exact) mass is 341 g/mol. The molecule has 1 aromatic carbocycles. The summed E-state index contributed by atoms with van der Waals surface area (Å²) in [5.41, 5.74) is 0.785. The van der Waals surface area contributed by atoms with Gasteiger partial charge in [-0.1, -0.05) is 31.0 Å². The highest BCUT2D eigenvalue weighted by molar-refractivity contribution is 5.93. The lowest BCUT2D eigenvalue weighted by Crippen LogP contribution is -2.54. The van der Waals surface area contributed by atoms with Crippen molar-refractivity contribution in [2.24, 2.45) is 0 Å². The van der Waals surface area contributed by atoms with Gasteiger partial charge in [-0.25, -0.2) is 0 Å². The summed E-state index contributed by atoms with van der Waals surface area (Å²) in [6.07, 6.45) is 6.11. The summed E-state index contributed by atoms with van der Waals surface area (Å²) in [5, 5.41) is 0. The average Bonchev–Trinajstić information content (AvgIpc) is 3.15. The third-order valence-corrected chi connectivity index (χ3v) is 5.07. The Bertz CT molecular complexity index is 709. The van der Waals surface area contributed by atoms with Crippen molar-refractivity contribution in [2.45, 2.75) is 44.4 Å². The molecule has 5 nitrogen and oxygen atoms in total. The number of hydrogen-bond acceptors (Lipinski definition) is 4. The zero-order chi connectivity index (χ0) is 17.1. The summed E-state index contributed by atoms with van der Waals surface area (Å²) in [4.78, 5) is 15.0. The maximum Gasteiger partial charge on any atom is 0.290 e. The van der Waals surface area contributed by atoms with Gasteiger partial charge in [0.2, 0.25) is 0 Å². The number of morpholine rings is 1. The quantitative estimate of drug-likeness (QED) is 0.852. The van der Waals surface area contributed by atoms with Crippen molar-refractivity contribution in [3.8, 4) is 5.75 Å². The Morgan fingerprint density at radius 3 is 2.88 bits per heavy atom. The number of carbonyl (C=O) groups is 1. The standard InChI is InChI=1S/C20H23NO4/c22-20(21-11-13-23-18-9-5-4-8-17(18)21)19-15(10-12-24-19)14-25-16-6-2-1-3-7-16/h1-3,6-7,10,12,17-18H,4-5,8-9,11,13-14H2/t17-,18-/m0/s1. The number of nitrogens with zero attached hydrogens (tertiary/aromatic N) is 1. The molecule has 2 aromatic rings. The number of furan rings is 1. The topological polar surface area (TPSA) is 51.9 Å². The van der Waals surface area contributed by atoms with Crippen LogP contribution in [0.5, 0.6) is 5.75 Å². The molecule has 2 fully saturated rings. The van der Waals surface area contributed by atoms with Crippen LogP contribution in [0.2, 0.25) is 0 Å². The van der Waals surface area contributed by atoms with Crippen LogP contribution < -0.4 is 4.74 Å². The molecule has 1 amide bonds. The third-order valence-electron chi connectivity index (χ3n) is 5.07. The first kappa shape index (κ1) is 16.2. The van der Waals surface area contributed by atoms with Crippen LogP contribution in [0.3, 0.4) is 0 Å². The van der Waals surface area contributed by atoms with Gasteiger partial charge in [-0.15, -0.1) is 0 Å². The molecule has 2 aliphatic rings. The Hall–Kier alpha value is -2.27. The number of hydrogen-bond donors (Lipinski definition) is 0. The Morgan fingerprint density at radius 1 is 1.16 bits per heavy atom. The molecule has 1 aliphatic heterocycles. The molecule has 1 aliphatic carbocycles. The summed E-state index contributed by atoms with van der Waals surface area (Å²) >= 11 is 0. The van der Waals surface area contributed by atoms with E-state index in [4.69, 9.17) is 13.9 Å². The van der Waals surface area contributed by atoms with E-state index < -0.39 is 0 Å². The molecular formula is C20H23NO4. The van der Waals surface area contributed by atoms with Crippen molar-refractivity contribution >= 4 is 5.91 Å². The van der Waals surface area contributed by atoms with Crippen molar-refractivity contribution in [1.29, 1.82) is 0 Å². The van der Waals surface area contributed by atoms with Crippen LogP contribution in [0.15, 0.2) is 47.1 Å². The average molecular weight is 341 g/mol. The van der Waals surface area contributed by atoms with Crippen molar-refractivity contribution in [1.82, 2.24) is 4.90 Å².